The van der Waals surface area contributed by atoms with Gasteiger partial charge in [0.25, 0.3) is 0 Å². The lowest BCUT2D eigenvalue weighted by Gasteiger charge is -2.25. The van der Waals surface area contributed by atoms with Crippen molar-refractivity contribution in [1.29, 1.82) is 0 Å². The van der Waals surface area contributed by atoms with Gasteiger partial charge in [0.2, 0.25) is 0 Å². The number of halogens is 1. The summed E-state index contributed by atoms with van der Waals surface area (Å²) in [7, 11) is 0. The number of nitrogens with one attached hydrogen (secondary N) is 4. The number of aromatic amines is 1. The smallest absolute Gasteiger partial charge is 0.197 e. The number of carbonyl (C=O) groups is 1. The quantitative estimate of drug-likeness (QED) is 0.337. The molecule has 0 bridgehead atoms. The molecule has 4 unspecified atom stereocenters. The van der Waals surface area contributed by atoms with Gasteiger partial charge >= 0.3 is 0 Å². The van der Waals surface area contributed by atoms with E-state index >= 15 is 0 Å². The van der Waals surface area contributed by atoms with Crippen LogP contribution in [0.25, 0.3) is 10.9 Å². The molecule has 2 aromatic rings. The summed E-state index contributed by atoms with van der Waals surface area (Å²) in [5, 5.41) is 11.7. The summed E-state index contributed by atoms with van der Waals surface area (Å²) in [6.45, 7) is 4.43. The predicted molar refractivity (Wildman–Crippen MR) is 142 cm³/mol. The van der Waals surface area contributed by atoms with Crippen molar-refractivity contribution in [3.63, 3.8) is 0 Å². The third kappa shape index (κ3) is 4.55. The lowest BCUT2D eigenvalue weighted by Crippen LogP contribution is -2.36. The molecule has 4 N–H and O–H groups in total. The second kappa shape index (κ2) is 8.95. The SMILES string of the molecule is CC1C=NC(C2=CC=NC(Nc3cc(Cl)c4[nH]c(C(=O)C5NC5C5CCC(C)CC5)cc4c3)N2)=C1. The van der Waals surface area contributed by atoms with Crippen molar-refractivity contribution in [3.05, 3.63) is 52.5 Å². The maximum Gasteiger partial charge on any atom is 0.197 e. The van der Waals surface area contributed by atoms with Gasteiger partial charge in [-0.15, -0.1) is 0 Å². The Morgan fingerprint density at radius 2 is 1.97 bits per heavy atom. The number of aromatic nitrogens is 1. The minimum Gasteiger partial charge on any atom is -0.351 e. The van der Waals surface area contributed by atoms with E-state index in [4.69, 9.17) is 11.6 Å². The fourth-order valence-corrected chi connectivity index (χ4v) is 5.82. The number of hydrogen-bond donors (Lipinski definition) is 4. The van der Waals surface area contributed by atoms with Gasteiger partial charge in [-0.2, -0.15) is 0 Å². The van der Waals surface area contributed by atoms with Gasteiger partial charge in [0.05, 0.1) is 33.7 Å². The van der Waals surface area contributed by atoms with E-state index in [0.29, 0.717) is 28.6 Å². The molecule has 0 radical (unpaired) electrons. The van der Waals surface area contributed by atoms with E-state index in [2.05, 4.69) is 50.8 Å². The molecule has 1 saturated carbocycles. The molecule has 6 rings (SSSR count). The molecule has 1 aliphatic carbocycles. The zero-order chi connectivity index (χ0) is 24.1. The molecule has 7 nitrogen and oxygen atoms in total. The summed E-state index contributed by atoms with van der Waals surface area (Å²) in [5.74, 6) is 1.88. The number of carbonyl (C=O) groups excluding carboxylic acids is 1. The van der Waals surface area contributed by atoms with Crippen LogP contribution >= 0.6 is 11.6 Å². The van der Waals surface area contributed by atoms with Crippen LogP contribution in [0, 0.1) is 17.8 Å². The molecule has 4 heterocycles. The fraction of sp³-hybridized carbons (Fsp3) is 0.444. The summed E-state index contributed by atoms with van der Waals surface area (Å²) in [4.78, 5) is 25.4. The highest BCUT2D eigenvalue weighted by Gasteiger charge is 2.47. The molecule has 1 saturated heterocycles. The molecular formula is C27H31ClN6O. The van der Waals surface area contributed by atoms with Crippen LogP contribution in [0.15, 0.2) is 51.7 Å². The van der Waals surface area contributed by atoms with Crippen LogP contribution in [0.1, 0.15) is 50.0 Å². The number of fused-ring (bicyclic) bond motifs is 1. The molecule has 8 heteroatoms. The lowest BCUT2D eigenvalue weighted by molar-refractivity contribution is 0.0980. The van der Waals surface area contributed by atoms with Crippen LogP contribution in [0.4, 0.5) is 5.69 Å². The summed E-state index contributed by atoms with van der Waals surface area (Å²) >= 11 is 6.61. The zero-order valence-electron chi connectivity index (χ0n) is 20.0. The van der Waals surface area contributed by atoms with E-state index in [9.17, 15) is 4.79 Å². The third-order valence-electron chi connectivity index (χ3n) is 7.64. The Kier molecular flexibility index (Phi) is 5.77. The van der Waals surface area contributed by atoms with E-state index in [1.165, 1.54) is 25.7 Å². The van der Waals surface area contributed by atoms with E-state index in [1.807, 2.05) is 30.5 Å². The Morgan fingerprint density at radius 3 is 2.74 bits per heavy atom. The summed E-state index contributed by atoms with van der Waals surface area (Å²) < 4.78 is 0. The average molecular weight is 491 g/mol. The van der Waals surface area contributed by atoms with Crippen LogP contribution in [-0.4, -0.2) is 41.6 Å². The van der Waals surface area contributed by atoms with Crippen LogP contribution in [0.5, 0.6) is 0 Å². The molecule has 182 valence electrons. The van der Waals surface area contributed by atoms with Gasteiger partial charge in [-0.05, 0) is 55.0 Å². The monoisotopic (exact) mass is 490 g/mol. The van der Waals surface area contributed by atoms with Gasteiger partial charge in [-0.1, -0.05) is 38.3 Å². The number of benzene rings is 1. The van der Waals surface area contributed by atoms with Crippen molar-refractivity contribution in [2.24, 2.45) is 27.7 Å². The summed E-state index contributed by atoms with van der Waals surface area (Å²) in [6, 6.07) is 6.00. The number of rotatable bonds is 6. The molecule has 4 aliphatic rings. The van der Waals surface area contributed by atoms with Crippen molar-refractivity contribution in [2.45, 2.75) is 57.9 Å². The highest BCUT2D eigenvalue weighted by atomic mass is 35.5. The number of hydrogen-bond acceptors (Lipinski definition) is 6. The van der Waals surface area contributed by atoms with E-state index in [1.54, 1.807) is 6.21 Å². The van der Waals surface area contributed by atoms with Crippen LogP contribution < -0.4 is 16.0 Å². The van der Waals surface area contributed by atoms with Gasteiger partial charge in [0, 0.05) is 35.5 Å². The van der Waals surface area contributed by atoms with Crippen LogP contribution in [0.2, 0.25) is 5.02 Å². The molecule has 1 aromatic heterocycles. The molecule has 2 fully saturated rings. The molecule has 1 aromatic carbocycles. The second-order valence-corrected chi connectivity index (χ2v) is 10.8. The Labute approximate surface area is 210 Å². The first-order chi connectivity index (χ1) is 16.9. The molecule has 0 amide bonds. The molecular weight excluding hydrogens is 460 g/mol. The maximum absolute atomic E-state index is 13.2. The standard InChI is InChI=1S/C27H31ClN6O/c1-14-3-5-16(6-4-14)24-25(34-24)26(35)22-11-17-10-18(12-19(28)23(17)32-22)31-27-29-8-7-20(33-27)21-9-15(2)13-30-21/h7-16,24-25,27,31-34H,3-6H2,1-2H3. The maximum atomic E-state index is 13.2. The Balaban J connectivity index is 1.14. The number of allylic oxidation sites excluding steroid dienone is 2. The number of H-pyrrole nitrogens is 1. The van der Waals surface area contributed by atoms with E-state index in [-0.39, 0.29) is 18.1 Å². The first kappa shape index (κ1) is 22.6. The van der Waals surface area contributed by atoms with Crippen LogP contribution in [-0.2, 0) is 0 Å². The number of Topliss-reactive ketones (excluding diaryl/α,β-unsaturated/α-hetero) is 1. The van der Waals surface area contributed by atoms with Crippen molar-refractivity contribution in [3.8, 4) is 0 Å². The molecule has 0 spiro atoms. The minimum atomic E-state index is -0.342. The molecule has 3 aliphatic heterocycles. The van der Waals surface area contributed by atoms with Crippen molar-refractivity contribution < 1.29 is 4.79 Å². The zero-order valence-corrected chi connectivity index (χ0v) is 20.8. The number of aliphatic imine (C=N–C) groups is 2. The molecule has 35 heavy (non-hydrogen) atoms. The van der Waals surface area contributed by atoms with Crippen molar-refractivity contribution >= 4 is 46.4 Å². The average Bonchev–Trinajstić information content (AvgIpc) is 3.32. The normalized spacial score (nSPS) is 31.7. The first-order valence-corrected chi connectivity index (χ1v) is 13.0. The summed E-state index contributed by atoms with van der Waals surface area (Å²) in [6.07, 6.45) is 12.4. The van der Waals surface area contributed by atoms with Crippen molar-refractivity contribution in [2.75, 3.05) is 5.32 Å². The Bertz CT molecular complexity index is 1280. The van der Waals surface area contributed by atoms with Gasteiger partial charge in [-0.3, -0.25) is 9.79 Å². The molecule has 4 atom stereocenters. The summed E-state index contributed by atoms with van der Waals surface area (Å²) in [5.41, 5.74) is 4.07. The highest BCUT2D eigenvalue weighted by molar-refractivity contribution is 6.35. The number of anilines is 1. The minimum absolute atomic E-state index is 0.0842. The van der Waals surface area contributed by atoms with Gasteiger partial charge in [0.1, 0.15) is 0 Å². The topological polar surface area (TPSA) is 104 Å². The van der Waals surface area contributed by atoms with Crippen molar-refractivity contribution in [1.82, 2.24) is 15.6 Å². The fourth-order valence-electron chi connectivity index (χ4n) is 5.55. The highest BCUT2D eigenvalue weighted by Crippen LogP contribution is 2.37. The predicted octanol–water partition coefficient (Wildman–Crippen LogP) is 5.03. The Morgan fingerprint density at radius 1 is 1.14 bits per heavy atom. The van der Waals surface area contributed by atoms with Crippen LogP contribution in [0.3, 0.4) is 0 Å². The third-order valence-corrected chi connectivity index (χ3v) is 7.93. The van der Waals surface area contributed by atoms with Gasteiger partial charge in [0.15, 0.2) is 12.1 Å². The largest absolute Gasteiger partial charge is 0.351 e. The first-order valence-electron chi connectivity index (χ1n) is 12.6. The van der Waals surface area contributed by atoms with E-state index < -0.39 is 0 Å². The van der Waals surface area contributed by atoms with E-state index in [0.717, 1.165) is 33.9 Å². The number of nitrogens with zero attached hydrogens (tertiary/aromatic N) is 2. The second-order valence-electron chi connectivity index (χ2n) is 10.4. The van der Waals surface area contributed by atoms with Gasteiger partial charge < -0.3 is 20.9 Å². The number of ketones is 1. The van der Waals surface area contributed by atoms with Gasteiger partial charge in [-0.25, -0.2) is 4.99 Å². The Hall–Kier alpha value is -2.90. The lowest BCUT2D eigenvalue weighted by atomic mass is 9.80.